The Morgan fingerprint density at radius 2 is 2.00 bits per heavy atom. The molecule has 4 rings (SSSR count). The lowest BCUT2D eigenvalue weighted by Crippen LogP contribution is -2.45. The minimum Gasteiger partial charge on any atom is -0.317 e. The molecule has 3 heterocycles. The zero-order chi connectivity index (χ0) is 27.3. The summed E-state index contributed by atoms with van der Waals surface area (Å²) in [5, 5.41) is 7.82. The number of hydrogen-bond donors (Lipinski definition) is 2. The van der Waals surface area contributed by atoms with Gasteiger partial charge in [0.15, 0.2) is 0 Å². The second-order valence-corrected chi connectivity index (χ2v) is 10.7. The summed E-state index contributed by atoms with van der Waals surface area (Å²) in [6, 6.07) is 0.992. The highest BCUT2D eigenvalue weighted by Gasteiger charge is 2.38. The van der Waals surface area contributed by atoms with Crippen LogP contribution in [-0.2, 0) is 40.5 Å². The highest BCUT2D eigenvalue weighted by molar-refractivity contribution is 7.88. The summed E-state index contributed by atoms with van der Waals surface area (Å²) in [5.41, 5.74) is -0.581. The molecule has 0 saturated heterocycles. The van der Waals surface area contributed by atoms with E-state index in [0.29, 0.717) is 23.4 Å². The Morgan fingerprint density at radius 1 is 1.30 bits per heavy atom. The van der Waals surface area contributed by atoms with Gasteiger partial charge in [0.2, 0.25) is 10.0 Å². The Bertz CT molecular complexity index is 1350. The molecule has 0 fully saturated rings. The molecule has 11 nitrogen and oxygen atoms in total. The minimum atomic E-state index is -4.93. The number of sulfonamides is 1. The van der Waals surface area contributed by atoms with Crippen molar-refractivity contribution < 1.29 is 40.4 Å². The topological polar surface area (TPSA) is 126 Å². The number of alkyl halides is 3. The van der Waals surface area contributed by atoms with Gasteiger partial charge in [-0.15, -0.1) is 0 Å². The number of fused-ring (bicyclic) bond motifs is 3. The summed E-state index contributed by atoms with van der Waals surface area (Å²) in [7, 11) is -2.14. The summed E-state index contributed by atoms with van der Waals surface area (Å²) in [5.74, 6) is -2.02. The van der Waals surface area contributed by atoms with Crippen molar-refractivity contribution in [3.05, 3.63) is 46.5 Å². The number of hydrogen-bond acceptors (Lipinski definition) is 6. The smallest absolute Gasteiger partial charge is 0.317 e. The molecule has 0 bridgehead atoms. The van der Waals surface area contributed by atoms with E-state index in [1.54, 1.807) is 6.92 Å². The second kappa shape index (κ2) is 9.57. The van der Waals surface area contributed by atoms with Crippen LogP contribution in [0.3, 0.4) is 0 Å². The van der Waals surface area contributed by atoms with E-state index in [1.807, 2.05) is 0 Å². The van der Waals surface area contributed by atoms with Crippen molar-refractivity contribution in [1.29, 1.82) is 0 Å². The Labute approximate surface area is 209 Å². The first kappa shape index (κ1) is 26.8. The molecule has 2 N–H and O–H groups in total. The molecular formula is C21H24F4N6O5S. The fraction of sp³-hybridized carbons (Fsp3) is 0.476. The van der Waals surface area contributed by atoms with Crippen LogP contribution in [0.2, 0.25) is 0 Å². The number of benzene rings is 1. The van der Waals surface area contributed by atoms with Crippen LogP contribution in [0.5, 0.6) is 0 Å². The number of carbonyl (C=O) groups is 2. The zero-order valence-corrected chi connectivity index (χ0v) is 20.8. The quantitative estimate of drug-likeness (QED) is 0.563. The lowest BCUT2D eigenvalue weighted by atomic mass is 9.99. The van der Waals surface area contributed by atoms with Crippen LogP contribution in [-0.4, -0.2) is 72.1 Å². The lowest BCUT2D eigenvalue weighted by Gasteiger charge is -2.33. The maximum absolute atomic E-state index is 13.6. The molecule has 1 aromatic heterocycles. The Balaban J connectivity index is 1.58. The maximum atomic E-state index is 13.6. The SMILES string of the molecule is CC1Cc2nn3c(c2CN1C(=O)Nc1ccc(F)c(C(F)(F)F)c1)C(=O)N(C)OC(CNS(C)(=O)=O)C3. The summed E-state index contributed by atoms with van der Waals surface area (Å²) in [6.45, 7) is 1.59. The predicted octanol–water partition coefficient (Wildman–Crippen LogP) is 1.95. The maximum Gasteiger partial charge on any atom is 0.419 e. The van der Waals surface area contributed by atoms with Crippen molar-refractivity contribution in [2.24, 2.45) is 0 Å². The first-order valence-electron chi connectivity index (χ1n) is 11.1. The molecule has 1 aromatic carbocycles. The van der Waals surface area contributed by atoms with Gasteiger partial charge in [0.25, 0.3) is 5.91 Å². The number of rotatable bonds is 4. The summed E-state index contributed by atoms with van der Waals surface area (Å²) < 4.78 is 79.5. The molecule has 202 valence electrons. The first-order valence-corrected chi connectivity index (χ1v) is 13.0. The highest BCUT2D eigenvalue weighted by atomic mass is 32.2. The van der Waals surface area contributed by atoms with E-state index in [1.165, 1.54) is 16.6 Å². The van der Waals surface area contributed by atoms with E-state index in [9.17, 15) is 35.6 Å². The monoisotopic (exact) mass is 548 g/mol. The molecule has 2 atom stereocenters. The fourth-order valence-corrected chi connectivity index (χ4v) is 4.74. The third kappa shape index (κ3) is 5.70. The van der Waals surface area contributed by atoms with Gasteiger partial charge in [0.1, 0.15) is 17.6 Å². The van der Waals surface area contributed by atoms with Crippen LogP contribution < -0.4 is 10.0 Å². The largest absolute Gasteiger partial charge is 0.419 e. The van der Waals surface area contributed by atoms with Crippen molar-refractivity contribution in [2.45, 2.75) is 44.8 Å². The summed E-state index contributed by atoms with van der Waals surface area (Å²) >= 11 is 0. The van der Waals surface area contributed by atoms with Crippen LogP contribution in [0.4, 0.5) is 28.0 Å². The van der Waals surface area contributed by atoms with Gasteiger partial charge in [-0.25, -0.2) is 27.4 Å². The zero-order valence-electron chi connectivity index (χ0n) is 20.0. The number of carbonyl (C=O) groups excluding carboxylic acids is 2. The Morgan fingerprint density at radius 3 is 2.65 bits per heavy atom. The lowest BCUT2D eigenvalue weighted by molar-refractivity contribution is -0.145. The van der Waals surface area contributed by atoms with Gasteiger partial charge in [-0.1, -0.05) is 0 Å². The van der Waals surface area contributed by atoms with Crippen molar-refractivity contribution in [3.63, 3.8) is 0 Å². The Hall–Kier alpha value is -3.24. The van der Waals surface area contributed by atoms with Gasteiger partial charge in [0.05, 0.1) is 30.6 Å². The minimum absolute atomic E-state index is 0.0529. The van der Waals surface area contributed by atoms with Gasteiger partial charge in [-0.2, -0.15) is 18.3 Å². The van der Waals surface area contributed by atoms with Gasteiger partial charge in [-0.3, -0.25) is 14.3 Å². The molecule has 37 heavy (non-hydrogen) atoms. The van der Waals surface area contributed by atoms with E-state index >= 15 is 0 Å². The van der Waals surface area contributed by atoms with Crippen LogP contribution in [0, 0.1) is 5.82 Å². The van der Waals surface area contributed by atoms with E-state index in [4.69, 9.17) is 4.84 Å². The fourth-order valence-electron chi connectivity index (χ4n) is 4.25. The molecule has 0 radical (unpaired) electrons. The molecule has 16 heteroatoms. The molecule has 2 aliphatic rings. The summed E-state index contributed by atoms with van der Waals surface area (Å²) in [4.78, 5) is 33.0. The average molecular weight is 549 g/mol. The number of anilines is 1. The van der Waals surface area contributed by atoms with Gasteiger partial charge in [-0.05, 0) is 25.1 Å². The molecule has 2 aliphatic heterocycles. The number of nitrogens with zero attached hydrogens (tertiary/aromatic N) is 4. The molecular weight excluding hydrogens is 524 g/mol. The van der Waals surface area contributed by atoms with Crippen molar-refractivity contribution in [3.8, 4) is 0 Å². The number of amides is 3. The van der Waals surface area contributed by atoms with E-state index in [0.717, 1.165) is 17.4 Å². The number of nitrogens with one attached hydrogen (secondary N) is 2. The number of urea groups is 1. The third-order valence-corrected chi connectivity index (χ3v) is 6.70. The van der Waals surface area contributed by atoms with Crippen molar-refractivity contribution in [1.82, 2.24) is 24.5 Å². The van der Waals surface area contributed by atoms with Crippen LogP contribution >= 0.6 is 0 Å². The predicted molar refractivity (Wildman–Crippen MR) is 121 cm³/mol. The second-order valence-electron chi connectivity index (χ2n) is 8.91. The van der Waals surface area contributed by atoms with Crippen LogP contribution in [0.25, 0.3) is 0 Å². The van der Waals surface area contributed by atoms with E-state index < -0.39 is 51.7 Å². The summed E-state index contributed by atoms with van der Waals surface area (Å²) in [6.07, 6.45) is -4.43. The molecule has 2 aromatic rings. The van der Waals surface area contributed by atoms with Gasteiger partial charge >= 0.3 is 12.2 Å². The first-order chi connectivity index (χ1) is 17.1. The molecule has 0 aliphatic carbocycles. The molecule has 2 unspecified atom stereocenters. The van der Waals surface area contributed by atoms with Gasteiger partial charge in [0, 0.05) is 37.3 Å². The van der Waals surface area contributed by atoms with Crippen molar-refractivity contribution in [2.75, 3.05) is 25.2 Å². The molecule has 3 amide bonds. The number of hydroxylamine groups is 2. The number of aromatic nitrogens is 2. The highest BCUT2D eigenvalue weighted by Crippen LogP contribution is 2.34. The normalized spacial score (nSPS) is 20.4. The average Bonchev–Trinajstić information content (AvgIpc) is 3.06. The molecule has 0 spiro atoms. The third-order valence-electron chi connectivity index (χ3n) is 6.01. The standard InChI is InChI=1S/C21H24F4N6O5S/c1-11-6-17-14(10-30(11)20(33)27-12-4-5-16(22)15(7-12)21(23,24)25)18-19(32)29(2)36-13(9-31(18)28-17)8-26-37(3,34)35/h4-5,7,11,13,26H,6,8-10H2,1-3H3,(H,27,33). The number of halogens is 4. The van der Waals surface area contributed by atoms with Gasteiger partial charge < -0.3 is 10.2 Å². The van der Waals surface area contributed by atoms with E-state index in [2.05, 4.69) is 15.1 Å². The van der Waals surface area contributed by atoms with E-state index in [-0.39, 0.29) is 37.4 Å². The van der Waals surface area contributed by atoms with Crippen molar-refractivity contribution >= 4 is 27.6 Å². The molecule has 0 saturated carbocycles. The Kier molecular flexibility index (Phi) is 6.94. The van der Waals surface area contributed by atoms with Crippen LogP contribution in [0.1, 0.15) is 34.2 Å². The van der Waals surface area contributed by atoms with Crippen LogP contribution in [0.15, 0.2) is 18.2 Å².